The van der Waals surface area contributed by atoms with E-state index >= 15 is 0 Å². The van der Waals surface area contributed by atoms with Crippen molar-refractivity contribution in [1.82, 2.24) is 10.2 Å². The first-order chi connectivity index (χ1) is 6.31. The molecule has 13 heavy (non-hydrogen) atoms. The van der Waals surface area contributed by atoms with Gasteiger partial charge in [0.05, 0.1) is 0 Å². The minimum absolute atomic E-state index is 0.695. The summed E-state index contributed by atoms with van der Waals surface area (Å²) in [6, 6.07) is 1.63. The minimum atomic E-state index is 0.695. The second-order valence-electron chi connectivity index (χ2n) is 4.68. The third-order valence-corrected chi connectivity index (χ3v) is 3.50. The van der Waals surface area contributed by atoms with Crippen LogP contribution in [0.5, 0.6) is 0 Å². The molecule has 1 aliphatic carbocycles. The standard InChI is InChI=1S/C11H22N2/c1-3-10-7-11(10)13-6-4-5-12-9(2)8-13/h9-12H,3-8H2,1-2H3. The molecule has 1 heterocycles. The Bertz CT molecular complexity index is 169. The Morgan fingerprint density at radius 3 is 3.00 bits per heavy atom. The van der Waals surface area contributed by atoms with Crippen LogP contribution in [-0.2, 0) is 0 Å². The van der Waals surface area contributed by atoms with Crippen LogP contribution in [0.2, 0.25) is 0 Å². The molecule has 0 aromatic rings. The second kappa shape index (κ2) is 3.97. The van der Waals surface area contributed by atoms with Gasteiger partial charge in [0.15, 0.2) is 0 Å². The van der Waals surface area contributed by atoms with Crippen LogP contribution in [0, 0.1) is 5.92 Å². The molecule has 1 N–H and O–H groups in total. The van der Waals surface area contributed by atoms with Crippen molar-refractivity contribution in [3.63, 3.8) is 0 Å². The summed E-state index contributed by atoms with van der Waals surface area (Å²) in [6.07, 6.45) is 4.17. The van der Waals surface area contributed by atoms with Crippen molar-refractivity contribution in [1.29, 1.82) is 0 Å². The number of hydrogen-bond donors (Lipinski definition) is 1. The largest absolute Gasteiger partial charge is 0.313 e. The first-order valence-corrected chi connectivity index (χ1v) is 5.78. The molecule has 0 bridgehead atoms. The molecule has 1 aliphatic heterocycles. The Balaban J connectivity index is 1.84. The van der Waals surface area contributed by atoms with Crippen molar-refractivity contribution in [2.75, 3.05) is 19.6 Å². The molecule has 0 radical (unpaired) electrons. The fraction of sp³-hybridized carbons (Fsp3) is 1.00. The lowest BCUT2D eigenvalue weighted by Crippen LogP contribution is -2.37. The minimum Gasteiger partial charge on any atom is -0.313 e. The molecule has 0 spiro atoms. The molecule has 2 fully saturated rings. The van der Waals surface area contributed by atoms with Crippen LogP contribution in [0.1, 0.15) is 33.1 Å². The molecule has 2 aliphatic rings. The number of nitrogens with zero attached hydrogens (tertiary/aromatic N) is 1. The highest BCUT2D eigenvalue weighted by atomic mass is 15.2. The molecular weight excluding hydrogens is 160 g/mol. The summed E-state index contributed by atoms with van der Waals surface area (Å²) in [4.78, 5) is 2.71. The molecule has 2 heteroatoms. The molecule has 3 unspecified atom stereocenters. The summed E-state index contributed by atoms with van der Waals surface area (Å²) in [7, 11) is 0. The van der Waals surface area contributed by atoms with Gasteiger partial charge in [-0.25, -0.2) is 0 Å². The molecule has 3 atom stereocenters. The SMILES string of the molecule is CCC1CC1N1CCCNC(C)C1. The van der Waals surface area contributed by atoms with Crippen molar-refractivity contribution >= 4 is 0 Å². The number of nitrogens with one attached hydrogen (secondary N) is 1. The highest BCUT2D eigenvalue weighted by Crippen LogP contribution is 2.38. The summed E-state index contributed by atoms with van der Waals surface area (Å²) in [6.45, 7) is 8.42. The Hall–Kier alpha value is -0.0800. The molecule has 1 saturated heterocycles. The van der Waals surface area contributed by atoms with Crippen LogP contribution in [-0.4, -0.2) is 36.6 Å². The molecule has 76 valence electrons. The van der Waals surface area contributed by atoms with Gasteiger partial charge in [-0.1, -0.05) is 13.3 Å². The van der Waals surface area contributed by atoms with E-state index in [9.17, 15) is 0 Å². The summed E-state index contributed by atoms with van der Waals surface area (Å²) in [5.74, 6) is 1.02. The van der Waals surface area contributed by atoms with E-state index in [0.717, 1.165) is 12.0 Å². The highest BCUT2D eigenvalue weighted by Gasteiger charge is 2.40. The van der Waals surface area contributed by atoms with Crippen molar-refractivity contribution in [3.8, 4) is 0 Å². The van der Waals surface area contributed by atoms with E-state index in [4.69, 9.17) is 0 Å². The number of rotatable bonds is 2. The average molecular weight is 182 g/mol. The summed E-state index contributed by atoms with van der Waals surface area (Å²) in [5, 5.41) is 3.55. The van der Waals surface area contributed by atoms with Crippen molar-refractivity contribution in [2.45, 2.75) is 45.2 Å². The van der Waals surface area contributed by atoms with Crippen LogP contribution in [0.3, 0.4) is 0 Å². The molecule has 0 amide bonds. The first-order valence-electron chi connectivity index (χ1n) is 5.78. The fourth-order valence-electron chi connectivity index (χ4n) is 2.56. The second-order valence-corrected chi connectivity index (χ2v) is 4.68. The monoisotopic (exact) mass is 182 g/mol. The summed E-state index contributed by atoms with van der Waals surface area (Å²) < 4.78 is 0. The van der Waals surface area contributed by atoms with Crippen molar-refractivity contribution in [2.24, 2.45) is 5.92 Å². The average Bonchev–Trinajstić information content (AvgIpc) is 2.87. The van der Waals surface area contributed by atoms with Gasteiger partial charge in [0.25, 0.3) is 0 Å². The van der Waals surface area contributed by atoms with E-state index in [1.54, 1.807) is 0 Å². The van der Waals surface area contributed by atoms with Crippen LogP contribution in [0.25, 0.3) is 0 Å². The third kappa shape index (κ3) is 2.23. The zero-order valence-electron chi connectivity index (χ0n) is 8.92. The Morgan fingerprint density at radius 1 is 1.46 bits per heavy atom. The van der Waals surface area contributed by atoms with Gasteiger partial charge in [0, 0.05) is 18.6 Å². The Labute approximate surface area is 81.7 Å². The molecular formula is C11H22N2. The van der Waals surface area contributed by atoms with Gasteiger partial charge < -0.3 is 5.32 Å². The van der Waals surface area contributed by atoms with E-state index in [2.05, 4.69) is 24.1 Å². The quantitative estimate of drug-likeness (QED) is 0.695. The lowest BCUT2D eigenvalue weighted by molar-refractivity contribution is 0.250. The zero-order valence-corrected chi connectivity index (χ0v) is 8.92. The molecule has 0 aromatic carbocycles. The summed E-state index contributed by atoms with van der Waals surface area (Å²) >= 11 is 0. The van der Waals surface area contributed by atoms with Crippen LogP contribution >= 0.6 is 0 Å². The van der Waals surface area contributed by atoms with E-state index in [1.165, 1.54) is 38.9 Å². The maximum absolute atomic E-state index is 3.55. The third-order valence-electron chi connectivity index (χ3n) is 3.50. The van der Waals surface area contributed by atoms with Gasteiger partial charge in [0.2, 0.25) is 0 Å². The van der Waals surface area contributed by atoms with E-state index in [1.807, 2.05) is 0 Å². The van der Waals surface area contributed by atoms with Crippen LogP contribution < -0.4 is 5.32 Å². The van der Waals surface area contributed by atoms with Crippen LogP contribution in [0.4, 0.5) is 0 Å². The van der Waals surface area contributed by atoms with Gasteiger partial charge in [-0.3, -0.25) is 4.90 Å². The predicted octanol–water partition coefficient (Wildman–Crippen LogP) is 1.47. The van der Waals surface area contributed by atoms with Gasteiger partial charge in [-0.2, -0.15) is 0 Å². The Morgan fingerprint density at radius 2 is 2.31 bits per heavy atom. The van der Waals surface area contributed by atoms with E-state index < -0.39 is 0 Å². The lowest BCUT2D eigenvalue weighted by Gasteiger charge is -2.22. The normalized spacial score (nSPS) is 41.5. The van der Waals surface area contributed by atoms with Gasteiger partial charge in [0.1, 0.15) is 0 Å². The van der Waals surface area contributed by atoms with Gasteiger partial charge in [-0.05, 0) is 38.8 Å². The van der Waals surface area contributed by atoms with Crippen molar-refractivity contribution < 1.29 is 0 Å². The molecule has 2 rings (SSSR count). The maximum Gasteiger partial charge on any atom is 0.0166 e. The molecule has 2 nitrogen and oxygen atoms in total. The Kier molecular flexibility index (Phi) is 2.89. The van der Waals surface area contributed by atoms with Crippen molar-refractivity contribution in [3.05, 3.63) is 0 Å². The predicted molar refractivity (Wildman–Crippen MR) is 55.8 cm³/mol. The van der Waals surface area contributed by atoms with Gasteiger partial charge >= 0.3 is 0 Å². The van der Waals surface area contributed by atoms with Gasteiger partial charge in [-0.15, -0.1) is 0 Å². The topological polar surface area (TPSA) is 15.3 Å². The van der Waals surface area contributed by atoms with E-state index in [-0.39, 0.29) is 0 Å². The fourth-order valence-corrected chi connectivity index (χ4v) is 2.56. The number of hydrogen-bond acceptors (Lipinski definition) is 2. The molecule has 1 saturated carbocycles. The smallest absolute Gasteiger partial charge is 0.0166 e. The first kappa shape index (κ1) is 9.47. The molecule has 0 aromatic heterocycles. The summed E-state index contributed by atoms with van der Waals surface area (Å²) in [5.41, 5.74) is 0. The maximum atomic E-state index is 3.55. The lowest BCUT2D eigenvalue weighted by atomic mass is 10.2. The van der Waals surface area contributed by atoms with E-state index in [0.29, 0.717) is 6.04 Å². The highest BCUT2D eigenvalue weighted by molar-refractivity contribution is 4.95. The van der Waals surface area contributed by atoms with Crippen LogP contribution in [0.15, 0.2) is 0 Å². The zero-order chi connectivity index (χ0) is 9.26.